The molecule has 178 valence electrons. The number of likely N-dealkylation sites (N-methyl/N-ethyl adjacent to an activating group) is 1. The molecule has 1 aromatic rings. The van der Waals surface area contributed by atoms with E-state index in [9.17, 15) is 14.4 Å². The first-order valence-corrected chi connectivity index (χ1v) is 11.6. The molecule has 0 radical (unpaired) electrons. The zero-order valence-electron chi connectivity index (χ0n) is 20.2. The highest BCUT2D eigenvalue weighted by molar-refractivity contribution is 5.98. The molecule has 7 nitrogen and oxygen atoms in total. The second-order valence-corrected chi connectivity index (χ2v) is 9.80. The highest BCUT2D eigenvalue weighted by atomic mass is 16.6. The van der Waals surface area contributed by atoms with Crippen LogP contribution in [0.2, 0.25) is 0 Å². The lowest BCUT2D eigenvalue weighted by Crippen LogP contribution is -2.56. The van der Waals surface area contributed by atoms with Crippen molar-refractivity contribution in [2.24, 2.45) is 11.8 Å². The van der Waals surface area contributed by atoms with Gasteiger partial charge in [-0.15, -0.1) is 0 Å². The number of carbonyl (C=O) groups is 3. The summed E-state index contributed by atoms with van der Waals surface area (Å²) in [5.41, 5.74) is 0.113. The topological polar surface area (TPSA) is 99.8 Å². The number of hydrogen-bond acceptors (Lipinski definition) is 5. The zero-order chi connectivity index (χ0) is 23.9. The van der Waals surface area contributed by atoms with Crippen LogP contribution in [0.4, 0.5) is 0 Å². The third-order valence-electron chi connectivity index (χ3n) is 5.73. The predicted octanol–water partition coefficient (Wildman–Crippen LogP) is 2.24. The Bertz CT molecular complexity index is 775. The SMILES string of the molecule is CNC(CC(C)C)C(=O)N[C@@H](Cc1ccccc1)C(=O)NC(CC(C)C)C(=O)C1(C)CO1. The normalized spacial score (nSPS) is 20.5. The molecule has 2 rings (SSSR count). The molecule has 3 unspecified atom stereocenters. The molecule has 0 saturated carbocycles. The third kappa shape index (κ3) is 7.71. The lowest BCUT2D eigenvalue weighted by molar-refractivity contribution is -0.133. The van der Waals surface area contributed by atoms with E-state index in [0.717, 1.165) is 5.56 Å². The van der Waals surface area contributed by atoms with Crippen molar-refractivity contribution in [3.63, 3.8) is 0 Å². The van der Waals surface area contributed by atoms with Crippen LogP contribution in [-0.2, 0) is 25.5 Å². The van der Waals surface area contributed by atoms with Gasteiger partial charge in [-0.25, -0.2) is 0 Å². The molecule has 0 aromatic heterocycles. The van der Waals surface area contributed by atoms with E-state index in [1.165, 1.54) is 0 Å². The molecule has 2 amide bonds. The second-order valence-electron chi connectivity index (χ2n) is 9.80. The molecule has 1 aromatic carbocycles. The number of benzene rings is 1. The number of amides is 2. The quantitative estimate of drug-likeness (QED) is 0.405. The van der Waals surface area contributed by atoms with Crippen molar-refractivity contribution in [2.45, 2.75) is 77.6 Å². The van der Waals surface area contributed by atoms with Gasteiger partial charge in [0.05, 0.1) is 18.7 Å². The van der Waals surface area contributed by atoms with Gasteiger partial charge in [0, 0.05) is 6.42 Å². The van der Waals surface area contributed by atoms with Crippen LogP contribution >= 0.6 is 0 Å². The van der Waals surface area contributed by atoms with Gasteiger partial charge in [0.15, 0.2) is 5.78 Å². The van der Waals surface area contributed by atoms with E-state index in [2.05, 4.69) is 29.8 Å². The molecule has 3 N–H and O–H groups in total. The Morgan fingerprint density at radius 2 is 1.41 bits per heavy atom. The molecule has 0 spiro atoms. The fraction of sp³-hybridized carbons (Fsp3) is 0.640. The van der Waals surface area contributed by atoms with Crippen LogP contribution in [0, 0.1) is 11.8 Å². The van der Waals surface area contributed by atoms with E-state index in [4.69, 9.17) is 4.74 Å². The summed E-state index contributed by atoms with van der Waals surface area (Å²) < 4.78 is 5.33. The summed E-state index contributed by atoms with van der Waals surface area (Å²) in [4.78, 5) is 39.2. The Balaban J connectivity index is 2.19. The summed E-state index contributed by atoms with van der Waals surface area (Å²) in [7, 11) is 1.74. The van der Waals surface area contributed by atoms with E-state index in [0.29, 0.717) is 31.8 Å². The molecule has 4 atom stereocenters. The van der Waals surface area contributed by atoms with Gasteiger partial charge in [0.25, 0.3) is 0 Å². The molecule has 0 aliphatic carbocycles. The number of nitrogens with one attached hydrogen (secondary N) is 3. The van der Waals surface area contributed by atoms with Gasteiger partial charge in [-0.3, -0.25) is 14.4 Å². The Morgan fingerprint density at radius 1 is 0.906 bits per heavy atom. The fourth-order valence-corrected chi connectivity index (χ4v) is 3.75. The minimum absolute atomic E-state index is 0.114. The average molecular weight is 446 g/mol. The number of carbonyl (C=O) groups excluding carboxylic acids is 3. The first-order valence-electron chi connectivity index (χ1n) is 11.6. The van der Waals surface area contributed by atoms with Crippen LogP contribution in [-0.4, -0.2) is 55.0 Å². The second kappa shape index (κ2) is 11.6. The maximum Gasteiger partial charge on any atom is 0.243 e. The largest absolute Gasteiger partial charge is 0.361 e. The van der Waals surface area contributed by atoms with Gasteiger partial charge < -0.3 is 20.7 Å². The van der Waals surface area contributed by atoms with E-state index in [-0.39, 0.29) is 23.5 Å². The number of rotatable bonds is 13. The summed E-state index contributed by atoms with van der Waals surface area (Å²) in [6.07, 6.45) is 1.51. The van der Waals surface area contributed by atoms with Crippen LogP contribution in [0.1, 0.15) is 53.0 Å². The maximum atomic E-state index is 13.3. The van der Waals surface area contributed by atoms with E-state index in [1.54, 1.807) is 14.0 Å². The summed E-state index contributed by atoms with van der Waals surface area (Å²) in [5.74, 6) is -0.149. The first kappa shape index (κ1) is 26.0. The van der Waals surface area contributed by atoms with Crippen molar-refractivity contribution in [1.29, 1.82) is 0 Å². The van der Waals surface area contributed by atoms with Gasteiger partial charge in [-0.05, 0) is 44.2 Å². The Hall–Kier alpha value is -2.25. The van der Waals surface area contributed by atoms with E-state index < -0.39 is 23.7 Å². The predicted molar refractivity (Wildman–Crippen MR) is 125 cm³/mol. The van der Waals surface area contributed by atoms with Crippen LogP contribution in [0.3, 0.4) is 0 Å². The monoisotopic (exact) mass is 445 g/mol. The fourth-order valence-electron chi connectivity index (χ4n) is 3.75. The molecule has 1 fully saturated rings. The number of ketones is 1. The molecule has 1 aliphatic rings. The van der Waals surface area contributed by atoms with E-state index in [1.807, 2.05) is 44.2 Å². The highest BCUT2D eigenvalue weighted by Crippen LogP contribution is 2.29. The minimum atomic E-state index is -0.820. The standard InChI is InChI=1S/C25H39N3O4/c1-16(2)12-19(22(29)25(5)15-32-25)27-24(31)21(14-18-10-8-7-9-11-18)28-23(30)20(26-6)13-17(3)4/h7-11,16-17,19-21,26H,12-15H2,1-6H3,(H,27,31)(H,28,30)/t19?,20?,21-,25?/m0/s1. The Kier molecular flexibility index (Phi) is 9.40. The highest BCUT2D eigenvalue weighted by Gasteiger charge is 2.50. The average Bonchev–Trinajstić information content (AvgIpc) is 3.49. The summed E-state index contributed by atoms with van der Waals surface area (Å²) in [5, 5.41) is 8.87. The molecule has 1 heterocycles. The van der Waals surface area contributed by atoms with Gasteiger partial charge in [0.2, 0.25) is 11.8 Å². The van der Waals surface area contributed by atoms with Crippen molar-refractivity contribution in [2.75, 3.05) is 13.7 Å². The van der Waals surface area contributed by atoms with Crippen molar-refractivity contribution in [1.82, 2.24) is 16.0 Å². The van der Waals surface area contributed by atoms with Gasteiger partial charge in [0.1, 0.15) is 11.6 Å². The summed E-state index contributed by atoms with van der Waals surface area (Å²) in [6.45, 7) is 10.2. The van der Waals surface area contributed by atoms with Crippen LogP contribution in [0.5, 0.6) is 0 Å². The van der Waals surface area contributed by atoms with Gasteiger partial charge in [-0.2, -0.15) is 0 Å². The van der Waals surface area contributed by atoms with Crippen molar-refractivity contribution < 1.29 is 19.1 Å². The minimum Gasteiger partial charge on any atom is -0.361 e. The van der Waals surface area contributed by atoms with Crippen LogP contribution < -0.4 is 16.0 Å². The summed E-state index contributed by atoms with van der Waals surface area (Å²) in [6, 6.07) is 7.72. The Labute approximate surface area is 192 Å². The number of hydrogen-bond donors (Lipinski definition) is 3. The molecular weight excluding hydrogens is 406 g/mol. The lowest BCUT2D eigenvalue weighted by atomic mass is 9.93. The molecule has 1 saturated heterocycles. The molecule has 32 heavy (non-hydrogen) atoms. The summed E-state index contributed by atoms with van der Waals surface area (Å²) >= 11 is 0. The number of ether oxygens (including phenoxy) is 1. The maximum absolute atomic E-state index is 13.3. The van der Waals surface area contributed by atoms with Crippen LogP contribution in [0.25, 0.3) is 0 Å². The molecular formula is C25H39N3O4. The van der Waals surface area contributed by atoms with Crippen molar-refractivity contribution >= 4 is 17.6 Å². The smallest absolute Gasteiger partial charge is 0.243 e. The molecule has 7 heteroatoms. The van der Waals surface area contributed by atoms with Gasteiger partial charge in [-0.1, -0.05) is 58.0 Å². The van der Waals surface area contributed by atoms with Crippen molar-refractivity contribution in [3.8, 4) is 0 Å². The van der Waals surface area contributed by atoms with Crippen molar-refractivity contribution in [3.05, 3.63) is 35.9 Å². The lowest BCUT2D eigenvalue weighted by Gasteiger charge is -2.26. The van der Waals surface area contributed by atoms with Crippen LogP contribution in [0.15, 0.2) is 30.3 Å². The van der Waals surface area contributed by atoms with E-state index >= 15 is 0 Å². The Morgan fingerprint density at radius 3 is 1.91 bits per heavy atom. The first-order chi connectivity index (χ1) is 15.1. The zero-order valence-corrected chi connectivity index (χ0v) is 20.2. The third-order valence-corrected chi connectivity index (χ3v) is 5.73. The number of Topliss-reactive ketones (excluding diaryl/α,β-unsaturated/α-hetero) is 1. The molecule has 1 aliphatic heterocycles. The molecule has 0 bridgehead atoms. The van der Waals surface area contributed by atoms with Gasteiger partial charge >= 0.3 is 0 Å². The number of epoxide rings is 1.